The van der Waals surface area contributed by atoms with Gasteiger partial charge in [-0.2, -0.15) is 0 Å². The van der Waals surface area contributed by atoms with Crippen molar-refractivity contribution < 1.29 is 9.53 Å². The number of ether oxygens (including phenoxy) is 1. The highest BCUT2D eigenvalue weighted by Crippen LogP contribution is 2.19. The molecule has 0 aliphatic heterocycles. The maximum Gasteiger partial charge on any atom is 0.274 e. The first-order valence-corrected chi connectivity index (χ1v) is 8.77. The van der Waals surface area contributed by atoms with E-state index in [0.29, 0.717) is 12.2 Å². The van der Waals surface area contributed by atoms with Crippen molar-refractivity contribution >= 4 is 17.3 Å². The summed E-state index contributed by atoms with van der Waals surface area (Å²) in [6.07, 6.45) is 1.67. The topological polar surface area (TPSA) is 63.2 Å². The van der Waals surface area contributed by atoms with E-state index >= 15 is 0 Å². The molecule has 2 aromatic carbocycles. The zero-order valence-corrected chi connectivity index (χ0v) is 15.7. The predicted octanol–water partition coefficient (Wildman–Crippen LogP) is 4.57. The van der Waals surface area contributed by atoms with Gasteiger partial charge in [0.05, 0.1) is 19.0 Å². The van der Waals surface area contributed by atoms with Crippen LogP contribution in [0.15, 0.2) is 60.8 Å². The number of aryl methyl sites for hydroxylation is 1. The predicted molar refractivity (Wildman–Crippen MR) is 108 cm³/mol. The van der Waals surface area contributed by atoms with Crippen LogP contribution < -0.4 is 15.4 Å². The largest absolute Gasteiger partial charge is 0.497 e. The number of pyridine rings is 1. The second kappa shape index (κ2) is 8.36. The molecule has 1 amide bonds. The molecule has 1 heterocycles. The van der Waals surface area contributed by atoms with Gasteiger partial charge in [-0.15, -0.1) is 0 Å². The van der Waals surface area contributed by atoms with Gasteiger partial charge >= 0.3 is 0 Å². The highest BCUT2D eigenvalue weighted by Gasteiger charge is 2.10. The molecule has 27 heavy (non-hydrogen) atoms. The van der Waals surface area contributed by atoms with Gasteiger partial charge in [0.25, 0.3) is 5.91 Å². The van der Waals surface area contributed by atoms with Crippen molar-refractivity contribution in [2.75, 3.05) is 17.7 Å². The first-order chi connectivity index (χ1) is 13.1. The zero-order valence-electron chi connectivity index (χ0n) is 15.7. The molecule has 3 aromatic rings. The van der Waals surface area contributed by atoms with E-state index in [2.05, 4.69) is 15.6 Å². The summed E-state index contributed by atoms with van der Waals surface area (Å²) in [5, 5.41) is 6.22. The zero-order chi connectivity index (χ0) is 19.2. The molecule has 0 radical (unpaired) electrons. The molecule has 1 aromatic heterocycles. The van der Waals surface area contributed by atoms with Crippen LogP contribution in [-0.4, -0.2) is 18.0 Å². The Balaban J connectivity index is 1.60. The average Bonchev–Trinajstić information content (AvgIpc) is 2.70. The molecule has 0 spiro atoms. The Morgan fingerprint density at radius 1 is 1.04 bits per heavy atom. The van der Waals surface area contributed by atoms with Crippen molar-refractivity contribution in [3.05, 3.63) is 83.2 Å². The van der Waals surface area contributed by atoms with E-state index in [9.17, 15) is 4.79 Å². The number of amides is 1. The van der Waals surface area contributed by atoms with Gasteiger partial charge in [0.15, 0.2) is 0 Å². The molecule has 0 saturated heterocycles. The lowest BCUT2D eigenvalue weighted by Crippen LogP contribution is -2.14. The standard InChI is InChI=1S/C22H23N3O2/c1-15-5-4-6-20(16(15)2)25-22(26)21-12-9-18(14-24-21)23-13-17-7-10-19(27-3)11-8-17/h4-12,14,23H,13H2,1-3H3,(H,25,26). The minimum atomic E-state index is -0.217. The third kappa shape index (κ3) is 4.64. The quantitative estimate of drug-likeness (QED) is 0.675. The maximum atomic E-state index is 12.4. The molecule has 5 nitrogen and oxygen atoms in total. The third-order valence-corrected chi connectivity index (χ3v) is 4.50. The van der Waals surface area contributed by atoms with Crippen LogP contribution in [0.4, 0.5) is 11.4 Å². The second-order valence-electron chi connectivity index (χ2n) is 6.34. The van der Waals surface area contributed by atoms with Crippen molar-refractivity contribution in [2.24, 2.45) is 0 Å². The third-order valence-electron chi connectivity index (χ3n) is 4.50. The Kier molecular flexibility index (Phi) is 5.71. The summed E-state index contributed by atoms with van der Waals surface area (Å²) in [6, 6.07) is 17.3. The molecular weight excluding hydrogens is 338 g/mol. The van der Waals surface area contributed by atoms with E-state index in [1.54, 1.807) is 19.4 Å². The molecule has 0 atom stereocenters. The molecule has 0 bridgehead atoms. The van der Waals surface area contributed by atoms with Crippen LogP contribution in [0.2, 0.25) is 0 Å². The lowest BCUT2D eigenvalue weighted by Gasteiger charge is -2.11. The Morgan fingerprint density at radius 3 is 2.48 bits per heavy atom. The number of carbonyl (C=O) groups excluding carboxylic acids is 1. The van der Waals surface area contributed by atoms with Crippen LogP contribution in [-0.2, 0) is 6.54 Å². The van der Waals surface area contributed by atoms with Gasteiger partial charge in [-0.05, 0) is 60.9 Å². The highest BCUT2D eigenvalue weighted by atomic mass is 16.5. The fourth-order valence-corrected chi connectivity index (χ4v) is 2.65. The summed E-state index contributed by atoms with van der Waals surface area (Å²) >= 11 is 0. The molecule has 5 heteroatoms. The molecule has 0 fully saturated rings. The summed E-state index contributed by atoms with van der Waals surface area (Å²) < 4.78 is 5.16. The smallest absolute Gasteiger partial charge is 0.274 e. The lowest BCUT2D eigenvalue weighted by atomic mass is 10.1. The van der Waals surface area contributed by atoms with Crippen LogP contribution in [0.3, 0.4) is 0 Å². The summed E-state index contributed by atoms with van der Waals surface area (Å²) in [4.78, 5) is 16.7. The Morgan fingerprint density at radius 2 is 1.81 bits per heavy atom. The summed E-state index contributed by atoms with van der Waals surface area (Å²) in [7, 11) is 1.65. The average molecular weight is 361 g/mol. The number of hydrogen-bond donors (Lipinski definition) is 2. The number of nitrogens with zero attached hydrogens (tertiary/aromatic N) is 1. The molecular formula is C22H23N3O2. The Hall–Kier alpha value is -3.34. The van der Waals surface area contributed by atoms with Crippen LogP contribution >= 0.6 is 0 Å². The molecule has 0 aliphatic carbocycles. The summed E-state index contributed by atoms with van der Waals surface area (Å²) in [5.74, 6) is 0.616. The molecule has 138 valence electrons. The normalized spacial score (nSPS) is 10.3. The minimum Gasteiger partial charge on any atom is -0.497 e. The number of rotatable bonds is 6. The minimum absolute atomic E-state index is 0.217. The number of hydrogen-bond acceptors (Lipinski definition) is 4. The van der Waals surface area contributed by atoms with Crippen molar-refractivity contribution in [2.45, 2.75) is 20.4 Å². The van der Waals surface area contributed by atoms with Crippen LogP contribution in [0.1, 0.15) is 27.2 Å². The van der Waals surface area contributed by atoms with Crippen molar-refractivity contribution in [3.8, 4) is 5.75 Å². The first kappa shape index (κ1) is 18.5. The number of carbonyl (C=O) groups is 1. The Bertz CT molecular complexity index is 919. The van der Waals surface area contributed by atoms with Crippen LogP contribution in [0.25, 0.3) is 0 Å². The van der Waals surface area contributed by atoms with E-state index in [0.717, 1.165) is 33.8 Å². The fraction of sp³-hybridized carbons (Fsp3) is 0.182. The van der Waals surface area contributed by atoms with Gasteiger partial charge < -0.3 is 15.4 Å². The second-order valence-corrected chi connectivity index (χ2v) is 6.34. The number of nitrogens with one attached hydrogen (secondary N) is 2. The lowest BCUT2D eigenvalue weighted by molar-refractivity contribution is 0.102. The molecule has 0 unspecified atom stereocenters. The molecule has 3 rings (SSSR count). The number of anilines is 2. The van der Waals surface area contributed by atoms with E-state index < -0.39 is 0 Å². The van der Waals surface area contributed by atoms with Crippen molar-refractivity contribution in [1.82, 2.24) is 4.98 Å². The Labute approximate surface area is 159 Å². The number of benzene rings is 2. The van der Waals surface area contributed by atoms with Gasteiger partial charge in [0.1, 0.15) is 11.4 Å². The van der Waals surface area contributed by atoms with Crippen LogP contribution in [0.5, 0.6) is 5.75 Å². The highest BCUT2D eigenvalue weighted by molar-refractivity contribution is 6.03. The monoisotopic (exact) mass is 361 g/mol. The number of methoxy groups -OCH3 is 1. The van der Waals surface area contributed by atoms with Gasteiger partial charge in [-0.25, -0.2) is 4.98 Å². The maximum absolute atomic E-state index is 12.4. The van der Waals surface area contributed by atoms with E-state index in [1.807, 2.05) is 62.4 Å². The van der Waals surface area contributed by atoms with E-state index in [1.165, 1.54) is 0 Å². The molecule has 0 saturated carbocycles. The fourth-order valence-electron chi connectivity index (χ4n) is 2.65. The first-order valence-electron chi connectivity index (χ1n) is 8.77. The van der Waals surface area contributed by atoms with Crippen LogP contribution in [0, 0.1) is 13.8 Å². The van der Waals surface area contributed by atoms with E-state index in [4.69, 9.17) is 4.74 Å². The SMILES string of the molecule is COc1ccc(CNc2ccc(C(=O)Nc3cccc(C)c3C)nc2)cc1. The van der Waals surface area contributed by atoms with E-state index in [-0.39, 0.29) is 5.91 Å². The van der Waals surface area contributed by atoms with Crippen molar-refractivity contribution in [1.29, 1.82) is 0 Å². The van der Waals surface area contributed by atoms with Gasteiger partial charge in [0, 0.05) is 12.2 Å². The molecule has 2 N–H and O–H groups in total. The van der Waals surface area contributed by atoms with Gasteiger partial charge in [-0.3, -0.25) is 4.79 Å². The summed E-state index contributed by atoms with van der Waals surface area (Å²) in [5.41, 5.74) is 5.37. The van der Waals surface area contributed by atoms with Gasteiger partial charge in [-0.1, -0.05) is 24.3 Å². The number of aromatic nitrogens is 1. The van der Waals surface area contributed by atoms with Crippen molar-refractivity contribution in [3.63, 3.8) is 0 Å². The summed E-state index contributed by atoms with van der Waals surface area (Å²) in [6.45, 7) is 4.68. The van der Waals surface area contributed by atoms with Gasteiger partial charge in [0.2, 0.25) is 0 Å². The molecule has 0 aliphatic rings.